The van der Waals surface area contributed by atoms with Gasteiger partial charge in [-0.25, -0.2) is 9.97 Å². The predicted octanol–water partition coefficient (Wildman–Crippen LogP) is 2.37. The average molecular weight is 449 g/mol. The smallest absolute Gasteiger partial charge is 0.292 e. The number of anilines is 1. The van der Waals surface area contributed by atoms with Gasteiger partial charge in [0.2, 0.25) is 0 Å². The monoisotopic (exact) mass is 449 g/mol. The molecule has 1 fully saturated rings. The van der Waals surface area contributed by atoms with E-state index in [0.29, 0.717) is 37.2 Å². The molecule has 3 aromatic rings. The van der Waals surface area contributed by atoms with Gasteiger partial charge in [0.05, 0.1) is 13.4 Å². The molecule has 1 aromatic carbocycles. The van der Waals surface area contributed by atoms with Gasteiger partial charge in [-0.05, 0) is 43.2 Å². The summed E-state index contributed by atoms with van der Waals surface area (Å²) in [5, 5.41) is 5.48. The summed E-state index contributed by atoms with van der Waals surface area (Å²) in [4.78, 5) is 47.8. The van der Waals surface area contributed by atoms with Crippen molar-refractivity contribution < 1.29 is 23.5 Å². The molecule has 0 unspecified atom stereocenters. The number of nitrogens with one attached hydrogen (secondary N) is 2. The van der Waals surface area contributed by atoms with E-state index in [1.165, 1.54) is 24.7 Å². The van der Waals surface area contributed by atoms with Gasteiger partial charge in [-0.2, -0.15) is 0 Å². The maximum Gasteiger partial charge on any atom is 0.292 e. The van der Waals surface area contributed by atoms with Gasteiger partial charge < -0.3 is 24.7 Å². The number of hydrogen-bond acceptors (Lipinski definition) is 7. The molecule has 10 heteroatoms. The molecule has 4 rings (SSSR count). The van der Waals surface area contributed by atoms with E-state index in [0.717, 1.165) is 0 Å². The highest BCUT2D eigenvalue weighted by Gasteiger charge is 2.26. The van der Waals surface area contributed by atoms with Crippen LogP contribution in [0.2, 0.25) is 0 Å². The quantitative estimate of drug-likeness (QED) is 0.591. The van der Waals surface area contributed by atoms with E-state index in [2.05, 4.69) is 20.6 Å². The second kappa shape index (κ2) is 9.94. The third kappa shape index (κ3) is 5.17. The number of hydrogen-bond donors (Lipinski definition) is 2. The fourth-order valence-electron chi connectivity index (χ4n) is 3.59. The summed E-state index contributed by atoms with van der Waals surface area (Å²) in [7, 11) is 1.56. The number of amides is 3. The van der Waals surface area contributed by atoms with Crippen molar-refractivity contribution in [1.29, 1.82) is 0 Å². The minimum Gasteiger partial charge on any atom is -0.497 e. The largest absolute Gasteiger partial charge is 0.497 e. The molecular weight excluding hydrogens is 426 g/mol. The van der Waals surface area contributed by atoms with E-state index in [-0.39, 0.29) is 29.2 Å². The molecule has 1 aliphatic heterocycles. The molecule has 3 heterocycles. The Hall–Kier alpha value is -4.21. The summed E-state index contributed by atoms with van der Waals surface area (Å²) in [5.41, 5.74) is 0.570. The Balaban J connectivity index is 1.35. The molecule has 2 N–H and O–H groups in total. The first-order valence-electron chi connectivity index (χ1n) is 10.4. The molecular formula is C23H23N5O5. The SMILES string of the molecule is COc1cccc(C(=O)N2CCC(NC(=O)c3nccnc3NC(=O)c3ccco3)CC2)c1. The molecule has 3 amide bonds. The lowest BCUT2D eigenvalue weighted by Crippen LogP contribution is -2.46. The van der Waals surface area contributed by atoms with E-state index in [4.69, 9.17) is 9.15 Å². The molecule has 0 spiro atoms. The van der Waals surface area contributed by atoms with Crippen LogP contribution in [0, 0.1) is 0 Å². The minimum absolute atomic E-state index is 0.00675. The van der Waals surface area contributed by atoms with Crippen LogP contribution in [0.1, 0.15) is 44.2 Å². The van der Waals surface area contributed by atoms with Crippen molar-refractivity contribution in [2.24, 2.45) is 0 Å². The van der Waals surface area contributed by atoms with Crippen LogP contribution in [-0.2, 0) is 0 Å². The highest BCUT2D eigenvalue weighted by molar-refractivity contribution is 6.06. The lowest BCUT2D eigenvalue weighted by molar-refractivity contribution is 0.0697. The minimum atomic E-state index is -0.529. The summed E-state index contributed by atoms with van der Waals surface area (Å²) in [6, 6.07) is 9.99. The molecule has 0 saturated carbocycles. The van der Waals surface area contributed by atoms with E-state index in [1.54, 1.807) is 42.3 Å². The first-order valence-corrected chi connectivity index (χ1v) is 10.4. The zero-order chi connectivity index (χ0) is 23.2. The maximum atomic E-state index is 12.8. The standard InChI is InChI=1S/C23H23N5O5/c1-32-17-5-2-4-15(14-17)23(31)28-11-7-16(8-12-28)26-22(30)19-20(25-10-9-24-19)27-21(29)18-6-3-13-33-18/h2-6,9-10,13-14,16H,7-8,11-12H2,1H3,(H,26,30)(H,25,27,29). The number of methoxy groups -OCH3 is 1. The number of aromatic nitrogens is 2. The number of ether oxygens (including phenoxy) is 1. The van der Waals surface area contributed by atoms with Crippen molar-refractivity contribution in [3.8, 4) is 5.75 Å². The number of piperidine rings is 1. The normalized spacial score (nSPS) is 13.9. The molecule has 170 valence electrons. The number of rotatable bonds is 6. The fraction of sp³-hybridized carbons (Fsp3) is 0.261. The van der Waals surface area contributed by atoms with Crippen LogP contribution < -0.4 is 15.4 Å². The maximum absolute atomic E-state index is 12.8. The van der Waals surface area contributed by atoms with Gasteiger partial charge in [0.1, 0.15) is 5.75 Å². The Morgan fingerprint density at radius 2 is 1.85 bits per heavy atom. The van der Waals surface area contributed by atoms with Crippen LogP contribution in [0.4, 0.5) is 5.82 Å². The molecule has 1 aliphatic rings. The van der Waals surface area contributed by atoms with Crippen molar-refractivity contribution in [3.05, 3.63) is 72.1 Å². The molecule has 0 aliphatic carbocycles. The molecule has 1 saturated heterocycles. The summed E-state index contributed by atoms with van der Waals surface area (Å²) in [6.07, 6.45) is 5.33. The van der Waals surface area contributed by atoms with Gasteiger partial charge in [-0.1, -0.05) is 6.07 Å². The van der Waals surface area contributed by atoms with E-state index in [9.17, 15) is 14.4 Å². The van der Waals surface area contributed by atoms with Crippen molar-refractivity contribution in [2.45, 2.75) is 18.9 Å². The Labute approximate surface area is 190 Å². The Bertz CT molecular complexity index is 1140. The van der Waals surface area contributed by atoms with Gasteiger partial charge in [-0.3, -0.25) is 14.4 Å². The van der Waals surface area contributed by atoms with Crippen molar-refractivity contribution in [3.63, 3.8) is 0 Å². The number of carbonyl (C=O) groups is 3. The molecule has 2 aromatic heterocycles. The number of likely N-dealkylation sites (tertiary alicyclic amines) is 1. The predicted molar refractivity (Wildman–Crippen MR) is 118 cm³/mol. The lowest BCUT2D eigenvalue weighted by Gasteiger charge is -2.32. The van der Waals surface area contributed by atoms with Crippen LogP contribution in [-0.4, -0.2) is 58.8 Å². The van der Waals surface area contributed by atoms with Crippen LogP contribution in [0.3, 0.4) is 0 Å². The van der Waals surface area contributed by atoms with E-state index < -0.39 is 11.8 Å². The van der Waals surface area contributed by atoms with Gasteiger partial charge >= 0.3 is 0 Å². The molecule has 33 heavy (non-hydrogen) atoms. The summed E-state index contributed by atoms with van der Waals surface area (Å²) >= 11 is 0. The van der Waals surface area contributed by atoms with E-state index >= 15 is 0 Å². The number of nitrogens with zero attached hydrogens (tertiary/aromatic N) is 3. The van der Waals surface area contributed by atoms with Gasteiger partial charge in [0.15, 0.2) is 17.3 Å². The van der Waals surface area contributed by atoms with Crippen LogP contribution in [0.25, 0.3) is 0 Å². The van der Waals surface area contributed by atoms with Crippen molar-refractivity contribution in [2.75, 3.05) is 25.5 Å². The van der Waals surface area contributed by atoms with Gasteiger partial charge in [0, 0.05) is 37.1 Å². The summed E-state index contributed by atoms with van der Waals surface area (Å²) in [6.45, 7) is 1.01. The first kappa shape index (κ1) is 22.0. The van der Waals surface area contributed by atoms with E-state index in [1.807, 2.05) is 0 Å². The number of benzene rings is 1. The Morgan fingerprint density at radius 3 is 2.58 bits per heavy atom. The van der Waals surface area contributed by atoms with Gasteiger partial charge in [-0.15, -0.1) is 0 Å². The molecule has 0 radical (unpaired) electrons. The number of carbonyl (C=O) groups excluding carboxylic acids is 3. The van der Waals surface area contributed by atoms with Crippen molar-refractivity contribution in [1.82, 2.24) is 20.2 Å². The molecule has 0 atom stereocenters. The highest BCUT2D eigenvalue weighted by atomic mass is 16.5. The van der Waals surface area contributed by atoms with Crippen molar-refractivity contribution >= 4 is 23.5 Å². The second-order valence-corrected chi connectivity index (χ2v) is 7.46. The van der Waals surface area contributed by atoms with Gasteiger partial charge in [0.25, 0.3) is 17.7 Å². The Morgan fingerprint density at radius 1 is 1.06 bits per heavy atom. The van der Waals surface area contributed by atoms with Crippen LogP contribution >= 0.6 is 0 Å². The fourth-order valence-corrected chi connectivity index (χ4v) is 3.59. The topological polar surface area (TPSA) is 127 Å². The molecule has 10 nitrogen and oxygen atoms in total. The average Bonchev–Trinajstić information content (AvgIpc) is 3.40. The third-order valence-electron chi connectivity index (χ3n) is 5.32. The summed E-state index contributed by atoms with van der Waals surface area (Å²) < 4.78 is 10.3. The summed E-state index contributed by atoms with van der Waals surface area (Å²) in [5.74, 6) is -0.283. The second-order valence-electron chi connectivity index (χ2n) is 7.46. The molecule has 0 bridgehead atoms. The third-order valence-corrected chi connectivity index (χ3v) is 5.32. The zero-order valence-corrected chi connectivity index (χ0v) is 18.0. The first-order chi connectivity index (χ1) is 16.0. The lowest BCUT2D eigenvalue weighted by atomic mass is 10.0. The number of furan rings is 1. The van der Waals surface area contributed by atoms with Crippen LogP contribution in [0.15, 0.2) is 59.5 Å². The zero-order valence-electron chi connectivity index (χ0n) is 18.0. The highest BCUT2D eigenvalue weighted by Crippen LogP contribution is 2.19. The Kier molecular flexibility index (Phi) is 6.63. The van der Waals surface area contributed by atoms with Crippen LogP contribution in [0.5, 0.6) is 5.75 Å².